The Bertz CT molecular complexity index is 643. The molecule has 0 aromatic heterocycles. The molecule has 8 heteroatoms. The van der Waals surface area contributed by atoms with Crippen LogP contribution < -0.4 is 10.2 Å². The van der Waals surface area contributed by atoms with Crippen molar-refractivity contribution < 1.29 is 22.5 Å². The van der Waals surface area contributed by atoms with Crippen LogP contribution >= 0.6 is 0 Å². The van der Waals surface area contributed by atoms with Crippen molar-refractivity contribution >= 4 is 15.9 Å². The number of hydrogen-bond donors (Lipinski definition) is 2. The fourth-order valence-electron chi connectivity index (χ4n) is 2.57. The van der Waals surface area contributed by atoms with Gasteiger partial charge in [-0.2, -0.15) is 4.31 Å². The zero-order valence-corrected chi connectivity index (χ0v) is 14.0. The van der Waals surface area contributed by atoms with Crippen LogP contribution in [0.25, 0.3) is 0 Å². The molecule has 1 saturated heterocycles. The van der Waals surface area contributed by atoms with Crippen molar-refractivity contribution in [2.75, 3.05) is 39.3 Å². The molecule has 2 N–H and O–H groups in total. The molecule has 0 saturated carbocycles. The van der Waals surface area contributed by atoms with Gasteiger partial charge in [-0.15, -0.1) is 0 Å². The Hall–Kier alpha value is -1.51. The van der Waals surface area contributed by atoms with Gasteiger partial charge in [-0.25, -0.2) is 12.8 Å². The summed E-state index contributed by atoms with van der Waals surface area (Å²) >= 11 is 0. The third-order valence-electron chi connectivity index (χ3n) is 3.87. The van der Waals surface area contributed by atoms with E-state index in [1.807, 2.05) is 6.92 Å². The number of piperazine rings is 1. The normalized spacial score (nSPS) is 17.1. The van der Waals surface area contributed by atoms with E-state index in [1.165, 1.54) is 22.5 Å². The molecule has 1 amide bonds. The molecule has 1 aliphatic heterocycles. The molecule has 0 radical (unpaired) electrons. The molecule has 0 unspecified atom stereocenters. The van der Waals surface area contributed by atoms with Crippen molar-refractivity contribution in [3.63, 3.8) is 0 Å². The van der Waals surface area contributed by atoms with Crippen LogP contribution in [-0.2, 0) is 14.8 Å². The molecule has 23 heavy (non-hydrogen) atoms. The number of nitrogens with zero attached hydrogens (tertiary/aromatic N) is 1. The molecule has 6 nitrogen and oxygen atoms in total. The van der Waals surface area contributed by atoms with E-state index in [0.29, 0.717) is 26.2 Å². The first-order valence-corrected chi connectivity index (χ1v) is 9.24. The molecule has 0 atom stereocenters. The minimum atomic E-state index is -3.81. The smallest absolute Gasteiger partial charge is 0.275 e. The second-order valence-electron chi connectivity index (χ2n) is 5.61. The fourth-order valence-corrected chi connectivity index (χ4v) is 4.07. The summed E-state index contributed by atoms with van der Waals surface area (Å²) in [5.41, 5.74) is 0. The number of sulfonamides is 1. The van der Waals surface area contributed by atoms with Crippen LogP contribution in [0.5, 0.6) is 0 Å². The number of hydrogen-bond acceptors (Lipinski definition) is 3. The summed E-state index contributed by atoms with van der Waals surface area (Å²) in [7, 11) is -3.81. The Morgan fingerprint density at radius 2 is 1.96 bits per heavy atom. The first-order chi connectivity index (χ1) is 10.9. The van der Waals surface area contributed by atoms with E-state index < -0.39 is 15.8 Å². The van der Waals surface area contributed by atoms with Crippen LogP contribution in [-0.4, -0.2) is 57.9 Å². The zero-order valence-electron chi connectivity index (χ0n) is 13.2. The Balaban J connectivity index is 1.94. The number of nitrogens with one attached hydrogen (secondary N) is 2. The number of rotatable bonds is 6. The minimum Gasteiger partial charge on any atom is -0.351 e. The lowest BCUT2D eigenvalue weighted by Gasteiger charge is -2.31. The SMILES string of the molecule is CCCNC(=O)C[NH+]1CCN(S(=O)(=O)c2ccccc2F)CC1. The highest BCUT2D eigenvalue weighted by atomic mass is 32.2. The van der Waals surface area contributed by atoms with Gasteiger partial charge in [0.15, 0.2) is 6.54 Å². The molecule has 0 aliphatic carbocycles. The van der Waals surface area contributed by atoms with Crippen LogP contribution in [0.15, 0.2) is 29.2 Å². The molecule has 1 heterocycles. The van der Waals surface area contributed by atoms with Gasteiger partial charge >= 0.3 is 0 Å². The van der Waals surface area contributed by atoms with Gasteiger partial charge in [-0.3, -0.25) is 4.79 Å². The lowest BCUT2D eigenvalue weighted by molar-refractivity contribution is -0.895. The van der Waals surface area contributed by atoms with Crippen LogP contribution in [0.4, 0.5) is 4.39 Å². The fraction of sp³-hybridized carbons (Fsp3) is 0.533. The zero-order chi connectivity index (χ0) is 16.9. The number of amides is 1. The highest BCUT2D eigenvalue weighted by Gasteiger charge is 2.32. The second-order valence-corrected chi connectivity index (χ2v) is 7.52. The summed E-state index contributed by atoms with van der Waals surface area (Å²) in [6, 6.07) is 5.40. The maximum atomic E-state index is 13.7. The van der Waals surface area contributed by atoms with Crippen molar-refractivity contribution in [1.29, 1.82) is 0 Å². The lowest BCUT2D eigenvalue weighted by atomic mass is 10.3. The molecule has 1 fully saturated rings. The average Bonchev–Trinajstić information content (AvgIpc) is 2.53. The monoisotopic (exact) mass is 344 g/mol. The molecule has 2 rings (SSSR count). The first-order valence-electron chi connectivity index (χ1n) is 7.80. The van der Waals surface area contributed by atoms with Gasteiger partial charge in [-0.1, -0.05) is 19.1 Å². The molecule has 1 aromatic rings. The van der Waals surface area contributed by atoms with Crippen molar-refractivity contribution in [3.05, 3.63) is 30.1 Å². The number of carbonyl (C=O) groups excluding carboxylic acids is 1. The van der Waals surface area contributed by atoms with Crippen molar-refractivity contribution in [3.8, 4) is 0 Å². The van der Waals surface area contributed by atoms with E-state index in [4.69, 9.17) is 0 Å². The van der Waals surface area contributed by atoms with Crippen molar-refractivity contribution in [2.24, 2.45) is 0 Å². The van der Waals surface area contributed by atoms with Crippen LogP contribution in [0.2, 0.25) is 0 Å². The number of quaternary nitrogens is 1. The Morgan fingerprint density at radius 1 is 1.30 bits per heavy atom. The van der Waals surface area contributed by atoms with Crippen LogP contribution in [0.3, 0.4) is 0 Å². The van der Waals surface area contributed by atoms with Gasteiger partial charge in [0.2, 0.25) is 10.0 Å². The molecular formula is C15H23FN3O3S+. The number of benzene rings is 1. The summed E-state index contributed by atoms with van der Waals surface area (Å²) < 4.78 is 40.0. The van der Waals surface area contributed by atoms with Gasteiger partial charge < -0.3 is 10.2 Å². The van der Waals surface area contributed by atoms with Crippen LogP contribution in [0.1, 0.15) is 13.3 Å². The van der Waals surface area contributed by atoms with Gasteiger partial charge in [-0.05, 0) is 18.6 Å². The molecule has 128 valence electrons. The maximum Gasteiger partial charge on any atom is 0.275 e. The minimum absolute atomic E-state index is 0.0211. The quantitative estimate of drug-likeness (QED) is 0.713. The molecule has 0 bridgehead atoms. The topological polar surface area (TPSA) is 70.9 Å². The van der Waals surface area contributed by atoms with E-state index in [9.17, 15) is 17.6 Å². The van der Waals surface area contributed by atoms with Gasteiger partial charge in [0.05, 0.1) is 26.2 Å². The number of carbonyl (C=O) groups is 1. The first kappa shape index (κ1) is 17.8. The largest absolute Gasteiger partial charge is 0.351 e. The summed E-state index contributed by atoms with van der Waals surface area (Å²) in [6.45, 7) is 4.62. The summed E-state index contributed by atoms with van der Waals surface area (Å²) in [6.07, 6.45) is 0.885. The van der Waals surface area contributed by atoms with E-state index in [-0.39, 0.29) is 23.9 Å². The van der Waals surface area contributed by atoms with Gasteiger partial charge in [0.25, 0.3) is 5.91 Å². The van der Waals surface area contributed by atoms with Crippen molar-refractivity contribution in [2.45, 2.75) is 18.2 Å². The summed E-state index contributed by atoms with van der Waals surface area (Å²) in [5, 5.41) is 2.81. The second kappa shape index (κ2) is 7.85. The predicted molar refractivity (Wildman–Crippen MR) is 84.0 cm³/mol. The third kappa shape index (κ3) is 4.49. The summed E-state index contributed by atoms with van der Waals surface area (Å²) in [4.78, 5) is 12.5. The lowest BCUT2D eigenvalue weighted by Crippen LogP contribution is -3.15. The van der Waals surface area contributed by atoms with Gasteiger partial charge in [0.1, 0.15) is 10.7 Å². The Kier molecular flexibility index (Phi) is 6.09. The number of halogens is 1. The molecule has 1 aromatic carbocycles. The average molecular weight is 344 g/mol. The Labute approximate surface area is 136 Å². The van der Waals surface area contributed by atoms with Crippen LogP contribution in [0, 0.1) is 5.82 Å². The molecular weight excluding hydrogens is 321 g/mol. The maximum absolute atomic E-state index is 13.7. The van der Waals surface area contributed by atoms with Gasteiger partial charge in [0, 0.05) is 6.54 Å². The molecule has 1 aliphatic rings. The van der Waals surface area contributed by atoms with Crippen molar-refractivity contribution in [1.82, 2.24) is 9.62 Å². The standard InChI is InChI=1S/C15H22FN3O3S/c1-2-7-17-15(20)12-18-8-10-19(11-9-18)23(21,22)14-6-4-3-5-13(14)16/h3-6H,2,7-12H2,1H3,(H,17,20)/p+1. The highest BCUT2D eigenvalue weighted by molar-refractivity contribution is 7.89. The van der Waals surface area contributed by atoms with E-state index in [1.54, 1.807) is 0 Å². The highest BCUT2D eigenvalue weighted by Crippen LogP contribution is 2.18. The third-order valence-corrected chi connectivity index (χ3v) is 5.80. The molecule has 0 spiro atoms. The predicted octanol–water partition coefficient (Wildman–Crippen LogP) is -0.759. The van der Waals surface area contributed by atoms with E-state index in [2.05, 4.69) is 5.32 Å². The van der Waals surface area contributed by atoms with E-state index >= 15 is 0 Å². The Morgan fingerprint density at radius 3 is 2.57 bits per heavy atom. The van der Waals surface area contributed by atoms with E-state index in [0.717, 1.165) is 17.4 Å². The summed E-state index contributed by atoms with van der Waals surface area (Å²) in [5.74, 6) is -0.756.